The summed E-state index contributed by atoms with van der Waals surface area (Å²) in [6, 6.07) is 21.6. The van der Waals surface area contributed by atoms with Gasteiger partial charge in [-0.15, -0.1) is 0 Å². The van der Waals surface area contributed by atoms with Crippen molar-refractivity contribution in [1.82, 2.24) is 4.57 Å². The van der Waals surface area contributed by atoms with Crippen LogP contribution in [0.15, 0.2) is 66.7 Å². The standard InChI is InChI=1S/C24H23NO4/c1-17-7-2-5-10-23(17)29-14-6-13-28-18-11-12-20-19-8-3-4-9-21(19)25(16-24(26)27)22(20)15-18/h2-5,7-12,15H,6,13-14,16H2,1H3,(H,26,27). The minimum absolute atomic E-state index is 0.0856. The molecule has 1 N–H and O–H groups in total. The Kier molecular flexibility index (Phi) is 5.38. The van der Waals surface area contributed by atoms with Crippen molar-refractivity contribution in [3.05, 3.63) is 72.3 Å². The van der Waals surface area contributed by atoms with Gasteiger partial charge in [0.05, 0.1) is 18.7 Å². The summed E-state index contributed by atoms with van der Waals surface area (Å²) in [6.45, 7) is 3.04. The normalized spacial score (nSPS) is 11.1. The molecular weight excluding hydrogens is 366 g/mol. The molecule has 4 rings (SSSR count). The highest BCUT2D eigenvalue weighted by Crippen LogP contribution is 2.31. The van der Waals surface area contributed by atoms with E-state index in [0.29, 0.717) is 13.2 Å². The van der Waals surface area contributed by atoms with Gasteiger partial charge in [0, 0.05) is 28.8 Å². The predicted octanol–water partition coefficient (Wildman–Crippen LogP) is 5.04. The molecule has 0 fully saturated rings. The van der Waals surface area contributed by atoms with E-state index >= 15 is 0 Å². The van der Waals surface area contributed by atoms with Gasteiger partial charge in [0.15, 0.2) is 0 Å². The number of aryl methyl sites for hydroxylation is 1. The van der Waals surface area contributed by atoms with E-state index in [0.717, 1.165) is 45.3 Å². The maximum Gasteiger partial charge on any atom is 0.323 e. The summed E-state index contributed by atoms with van der Waals surface area (Å²) in [5.74, 6) is 0.752. The van der Waals surface area contributed by atoms with E-state index in [9.17, 15) is 9.90 Å². The highest BCUT2D eigenvalue weighted by Gasteiger charge is 2.13. The van der Waals surface area contributed by atoms with Crippen molar-refractivity contribution in [2.24, 2.45) is 0 Å². The van der Waals surface area contributed by atoms with E-state index < -0.39 is 5.97 Å². The van der Waals surface area contributed by atoms with E-state index in [2.05, 4.69) is 0 Å². The van der Waals surface area contributed by atoms with E-state index in [-0.39, 0.29) is 6.54 Å². The van der Waals surface area contributed by atoms with Crippen LogP contribution in [0.3, 0.4) is 0 Å². The third-order valence-electron chi connectivity index (χ3n) is 4.95. The summed E-state index contributed by atoms with van der Waals surface area (Å²) in [6.07, 6.45) is 0.754. The largest absolute Gasteiger partial charge is 0.493 e. The quantitative estimate of drug-likeness (QED) is 0.429. The van der Waals surface area contributed by atoms with Crippen molar-refractivity contribution < 1.29 is 19.4 Å². The Labute approximate surface area is 169 Å². The highest BCUT2D eigenvalue weighted by molar-refractivity contribution is 6.08. The molecule has 0 atom stereocenters. The fourth-order valence-electron chi connectivity index (χ4n) is 3.57. The molecule has 0 aliphatic carbocycles. The molecule has 5 nitrogen and oxygen atoms in total. The Morgan fingerprint density at radius 3 is 2.45 bits per heavy atom. The molecule has 0 amide bonds. The third kappa shape index (κ3) is 4.04. The van der Waals surface area contributed by atoms with Crippen molar-refractivity contribution in [3.8, 4) is 11.5 Å². The Morgan fingerprint density at radius 2 is 1.62 bits per heavy atom. The molecule has 0 aliphatic heterocycles. The van der Waals surface area contributed by atoms with Gasteiger partial charge in [-0.2, -0.15) is 0 Å². The lowest BCUT2D eigenvalue weighted by Gasteiger charge is -2.10. The number of carbonyl (C=O) groups is 1. The van der Waals surface area contributed by atoms with Crippen LogP contribution in [0, 0.1) is 6.92 Å². The van der Waals surface area contributed by atoms with Crippen molar-refractivity contribution in [2.75, 3.05) is 13.2 Å². The Balaban J connectivity index is 1.46. The number of carboxylic acids is 1. The Bertz CT molecular complexity index is 1160. The number of ether oxygens (including phenoxy) is 2. The maximum atomic E-state index is 11.4. The zero-order chi connectivity index (χ0) is 20.2. The number of benzene rings is 3. The number of nitrogens with zero attached hydrogens (tertiary/aromatic N) is 1. The molecule has 0 saturated heterocycles. The van der Waals surface area contributed by atoms with Gasteiger partial charge in [0.1, 0.15) is 18.0 Å². The molecule has 0 bridgehead atoms. The van der Waals surface area contributed by atoms with Crippen LogP contribution < -0.4 is 9.47 Å². The van der Waals surface area contributed by atoms with Gasteiger partial charge in [0.25, 0.3) is 0 Å². The number of fused-ring (bicyclic) bond motifs is 3. The summed E-state index contributed by atoms with van der Waals surface area (Å²) in [5.41, 5.74) is 2.89. The second-order valence-electron chi connectivity index (χ2n) is 6.99. The van der Waals surface area contributed by atoms with Crippen molar-refractivity contribution in [1.29, 1.82) is 0 Å². The molecular formula is C24H23NO4. The topological polar surface area (TPSA) is 60.7 Å². The Hall–Kier alpha value is -3.47. The van der Waals surface area contributed by atoms with E-state index in [4.69, 9.17) is 9.47 Å². The van der Waals surface area contributed by atoms with Crippen LogP contribution in [0.25, 0.3) is 21.8 Å². The number of hydrogen-bond donors (Lipinski definition) is 1. The first kappa shape index (κ1) is 18.9. The molecule has 0 saturated carbocycles. The van der Waals surface area contributed by atoms with Crippen LogP contribution in [0.5, 0.6) is 11.5 Å². The Morgan fingerprint density at radius 1 is 0.897 bits per heavy atom. The molecule has 29 heavy (non-hydrogen) atoms. The summed E-state index contributed by atoms with van der Waals surface area (Å²) >= 11 is 0. The van der Waals surface area contributed by atoms with Gasteiger partial charge in [-0.3, -0.25) is 4.79 Å². The van der Waals surface area contributed by atoms with Gasteiger partial charge < -0.3 is 19.1 Å². The van der Waals surface area contributed by atoms with Crippen molar-refractivity contribution in [3.63, 3.8) is 0 Å². The van der Waals surface area contributed by atoms with Gasteiger partial charge in [0.2, 0.25) is 0 Å². The molecule has 0 spiro atoms. The van der Waals surface area contributed by atoms with E-state index in [1.54, 1.807) is 0 Å². The number of hydrogen-bond acceptors (Lipinski definition) is 3. The first-order valence-electron chi connectivity index (χ1n) is 9.67. The van der Waals surface area contributed by atoms with Crippen LogP contribution in [0.2, 0.25) is 0 Å². The lowest BCUT2D eigenvalue weighted by Crippen LogP contribution is -2.08. The minimum atomic E-state index is -0.868. The molecule has 5 heteroatoms. The summed E-state index contributed by atoms with van der Waals surface area (Å²) in [7, 11) is 0. The molecule has 0 radical (unpaired) electrons. The van der Waals surface area contributed by atoms with Crippen LogP contribution >= 0.6 is 0 Å². The molecule has 4 aromatic rings. The van der Waals surface area contributed by atoms with E-state index in [1.165, 1.54) is 0 Å². The molecule has 3 aromatic carbocycles. The minimum Gasteiger partial charge on any atom is -0.493 e. The van der Waals surface area contributed by atoms with E-state index in [1.807, 2.05) is 78.2 Å². The summed E-state index contributed by atoms with van der Waals surface area (Å²) in [5, 5.41) is 11.4. The van der Waals surface area contributed by atoms with Crippen LogP contribution in [-0.4, -0.2) is 28.9 Å². The average Bonchev–Trinajstić information content (AvgIpc) is 3.02. The number of aliphatic carboxylic acids is 1. The van der Waals surface area contributed by atoms with Crippen LogP contribution in [0.4, 0.5) is 0 Å². The van der Waals surface area contributed by atoms with Gasteiger partial charge in [-0.1, -0.05) is 36.4 Å². The number of carboxylic acid groups (broad SMARTS) is 1. The fraction of sp³-hybridized carbons (Fsp3) is 0.208. The summed E-state index contributed by atoms with van der Waals surface area (Å²) < 4.78 is 13.5. The molecule has 148 valence electrons. The lowest BCUT2D eigenvalue weighted by molar-refractivity contribution is -0.137. The first-order valence-corrected chi connectivity index (χ1v) is 9.67. The highest BCUT2D eigenvalue weighted by atomic mass is 16.5. The zero-order valence-electron chi connectivity index (χ0n) is 16.3. The fourth-order valence-corrected chi connectivity index (χ4v) is 3.57. The smallest absolute Gasteiger partial charge is 0.323 e. The van der Waals surface area contributed by atoms with Gasteiger partial charge in [-0.05, 0) is 36.8 Å². The third-order valence-corrected chi connectivity index (χ3v) is 4.95. The SMILES string of the molecule is Cc1ccccc1OCCCOc1ccc2c3ccccc3n(CC(=O)O)c2c1. The second kappa shape index (κ2) is 8.27. The molecule has 0 unspecified atom stereocenters. The van der Waals surface area contributed by atoms with Crippen LogP contribution in [0.1, 0.15) is 12.0 Å². The summed E-state index contributed by atoms with van der Waals surface area (Å²) in [4.78, 5) is 11.4. The maximum absolute atomic E-state index is 11.4. The van der Waals surface area contributed by atoms with Crippen molar-refractivity contribution >= 4 is 27.8 Å². The van der Waals surface area contributed by atoms with Gasteiger partial charge in [-0.25, -0.2) is 0 Å². The van der Waals surface area contributed by atoms with Gasteiger partial charge >= 0.3 is 5.97 Å². The molecule has 0 aliphatic rings. The zero-order valence-corrected chi connectivity index (χ0v) is 16.3. The predicted molar refractivity (Wildman–Crippen MR) is 114 cm³/mol. The van der Waals surface area contributed by atoms with Crippen LogP contribution in [-0.2, 0) is 11.3 Å². The first-order chi connectivity index (χ1) is 14.1. The van der Waals surface area contributed by atoms with Crippen molar-refractivity contribution in [2.45, 2.75) is 19.9 Å². The number of rotatable bonds is 8. The monoisotopic (exact) mass is 389 g/mol. The lowest BCUT2D eigenvalue weighted by atomic mass is 10.1. The molecule has 1 aromatic heterocycles. The average molecular weight is 389 g/mol. The number of para-hydroxylation sites is 2. The second-order valence-corrected chi connectivity index (χ2v) is 6.99. The number of aromatic nitrogens is 1. The molecule has 1 heterocycles.